The molecule has 0 radical (unpaired) electrons. The standard InChI is InChI=1S/C17H28N2.C9H11N/c1-4-6-7-10-14-18-17(11-5-2)19-16-13-9-8-12-15(16)3;1-7-3-4-8(2)9(5-7)6-10/h8-9,12-13H,4-7,10-11,14H2,1-3H3,(H,18,19);3-6,10H,1-2H3. The van der Waals surface area contributed by atoms with Gasteiger partial charge in [0.1, 0.15) is 5.84 Å². The summed E-state index contributed by atoms with van der Waals surface area (Å²) < 4.78 is 0. The van der Waals surface area contributed by atoms with Crippen LogP contribution in [0.25, 0.3) is 0 Å². The SMILES string of the molecule is CCCCCCN=C(CCC)Nc1ccccc1C.Cc1ccc(C)c(C=N)c1. The molecule has 3 nitrogen and oxygen atoms in total. The van der Waals surface area contributed by atoms with E-state index in [9.17, 15) is 0 Å². The van der Waals surface area contributed by atoms with Crippen LogP contribution in [0, 0.1) is 26.2 Å². The molecule has 2 N–H and O–H groups in total. The zero-order valence-corrected chi connectivity index (χ0v) is 19.0. The highest BCUT2D eigenvalue weighted by molar-refractivity contribution is 5.96. The van der Waals surface area contributed by atoms with Gasteiger partial charge in [0.05, 0.1) is 0 Å². The monoisotopic (exact) mass is 393 g/mol. The van der Waals surface area contributed by atoms with E-state index in [4.69, 9.17) is 10.4 Å². The van der Waals surface area contributed by atoms with E-state index >= 15 is 0 Å². The van der Waals surface area contributed by atoms with E-state index in [1.165, 1.54) is 54.3 Å². The smallest absolute Gasteiger partial charge is 0.101 e. The predicted molar refractivity (Wildman–Crippen MR) is 130 cm³/mol. The van der Waals surface area contributed by atoms with Gasteiger partial charge in [-0.3, -0.25) is 4.99 Å². The molecule has 0 saturated heterocycles. The van der Waals surface area contributed by atoms with Gasteiger partial charge in [-0.25, -0.2) is 0 Å². The Kier molecular flexibility index (Phi) is 12.4. The van der Waals surface area contributed by atoms with Crippen molar-refractivity contribution in [2.75, 3.05) is 11.9 Å². The Hall–Kier alpha value is -2.42. The molecule has 0 saturated carbocycles. The van der Waals surface area contributed by atoms with Crippen molar-refractivity contribution >= 4 is 17.7 Å². The molecule has 0 aliphatic heterocycles. The van der Waals surface area contributed by atoms with E-state index in [0.29, 0.717) is 0 Å². The zero-order valence-electron chi connectivity index (χ0n) is 19.0. The molecule has 0 spiro atoms. The first-order valence-corrected chi connectivity index (χ1v) is 11.0. The molecule has 29 heavy (non-hydrogen) atoms. The molecule has 0 aliphatic rings. The Labute approximate surface area is 178 Å². The second-order valence-electron chi connectivity index (χ2n) is 7.58. The van der Waals surface area contributed by atoms with Crippen LogP contribution in [0.4, 0.5) is 5.69 Å². The first-order valence-electron chi connectivity index (χ1n) is 11.0. The van der Waals surface area contributed by atoms with Gasteiger partial charge in [-0.2, -0.15) is 0 Å². The third-order valence-electron chi connectivity index (χ3n) is 4.82. The molecule has 0 fully saturated rings. The van der Waals surface area contributed by atoms with Crippen molar-refractivity contribution in [1.29, 1.82) is 5.41 Å². The lowest BCUT2D eigenvalue weighted by molar-refractivity contribution is 0.674. The van der Waals surface area contributed by atoms with Crippen molar-refractivity contribution in [2.24, 2.45) is 4.99 Å². The van der Waals surface area contributed by atoms with Gasteiger partial charge in [0.15, 0.2) is 0 Å². The van der Waals surface area contributed by atoms with Crippen molar-refractivity contribution in [3.8, 4) is 0 Å². The number of aryl methyl sites for hydroxylation is 3. The lowest BCUT2D eigenvalue weighted by Gasteiger charge is -2.11. The Morgan fingerprint density at radius 3 is 2.31 bits per heavy atom. The Morgan fingerprint density at radius 2 is 1.69 bits per heavy atom. The maximum atomic E-state index is 7.06. The number of unbranched alkanes of at least 4 members (excludes halogenated alkanes) is 3. The summed E-state index contributed by atoms with van der Waals surface area (Å²) in [6.07, 6.45) is 8.66. The molecule has 158 valence electrons. The number of nitrogens with one attached hydrogen (secondary N) is 2. The van der Waals surface area contributed by atoms with Crippen LogP contribution < -0.4 is 5.32 Å². The molecule has 2 aromatic rings. The normalized spacial score (nSPS) is 10.9. The van der Waals surface area contributed by atoms with Gasteiger partial charge in [0.25, 0.3) is 0 Å². The number of anilines is 1. The van der Waals surface area contributed by atoms with Crippen LogP contribution in [0.3, 0.4) is 0 Å². The van der Waals surface area contributed by atoms with Crippen LogP contribution in [0.2, 0.25) is 0 Å². The molecular weight excluding hydrogens is 354 g/mol. The summed E-state index contributed by atoms with van der Waals surface area (Å²) in [4.78, 5) is 4.73. The van der Waals surface area contributed by atoms with E-state index < -0.39 is 0 Å². The molecule has 0 aliphatic carbocycles. The molecular formula is C26H39N3. The maximum absolute atomic E-state index is 7.06. The first-order chi connectivity index (χ1) is 14.0. The molecule has 0 bridgehead atoms. The topological polar surface area (TPSA) is 48.2 Å². The van der Waals surface area contributed by atoms with E-state index in [2.05, 4.69) is 56.4 Å². The number of benzene rings is 2. The predicted octanol–water partition coefficient (Wildman–Crippen LogP) is 7.49. The van der Waals surface area contributed by atoms with Crippen LogP contribution in [0.5, 0.6) is 0 Å². The van der Waals surface area contributed by atoms with E-state index in [-0.39, 0.29) is 0 Å². The van der Waals surface area contributed by atoms with Crippen LogP contribution >= 0.6 is 0 Å². The number of para-hydroxylation sites is 1. The summed E-state index contributed by atoms with van der Waals surface area (Å²) in [5.74, 6) is 1.13. The Bertz CT molecular complexity index is 762. The number of rotatable bonds is 9. The summed E-state index contributed by atoms with van der Waals surface area (Å²) in [7, 11) is 0. The van der Waals surface area contributed by atoms with E-state index in [1.807, 2.05) is 26.0 Å². The fraction of sp³-hybridized carbons (Fsp3) is 0.462. The van der Waals surface area contributed by atoms with Gasteiger partial charge >= 0.3 is 0 Å². The molecule has 2 rings (SSSR count). The minimum absolute atomic E-state index is 0.953. The molecule has 0 atom stereocenters. The van der Waals surface area contributed by atoms with Crippen molar-refractivity contribution in [1.82, 2.24) is 0 Å². The average Bonchev–Trinajstić information content (AvgIpc) is 2.72. The molecule has 0 amide bonds. The van der Waals surface area contributed by atoms with Gasteiger partial charge < -0.3 is 10.7 Å². The van der Waals surface area contributed by atoms with Crippen LogP contribution in [0.15, 0.2) is 47.5 Å². The van der Waals surface area contributed by atoms with Crippen LogP contribution in [0.1, 0.15) is 74.6 Å². The second kappa shape index (κ2) is 14.6. The maximum Gasteiger partial charge on any atom is 0.101 e. The van der Waals surface area contributed by atoms with Crippen molar-refractivity contribution in [3.05, 3.63) is 64.7 Å². The van der Waals surface area contributed by atoms with Gasteiger partial charge in [-0.05, 0) is 56.4 Å². The zero-order chi connectivity index (χ0) is 21.5. The first kappa shape index (κ1) is 24.6. The molecule has 0 unspecified atom stereocenters. The molecule has 0 aromatic heterocycles. The highest BCUT2D eigenvalue weighted by Gasteiger charge is 2.01. The third-order valence-corrected chi connectivity index (χ3v) is 4.82. The highest BCUT2D eigenvalue weighted by atomic mass is 15.0. The second-order valence-corrected chi connectivity index (χ2v) is 7.58. The number of aliphatic imine (C=N–C) groups is 1. The molecule has 0 heterocycles. The van der Waals surface area contributed by atoms with Crippen LogP contribution in [-0.4, -0.2) is 18.6 Å². The number of amidine groups is 1. The lowest BCUT2D eigenvalue weighted by Crippen LogP contribution is -2.13. The molecule has 2 aromatic carbocycles. The Balaban J connectivity index is 0.000000352. The van der Waals surface area contributed by atoms with Crippen molar-refractivity contribution in [2.45, 2.75) is 73.1 Å². The number of nitrogens with zero attached hydrogens (tertiary/aromatic N) is 1. The van der Waals surface area contributed by atoms with Gasteiger partial charge in [-0.1, -0.05) is 75.1 Å². The summed E-state index contributed by atoms with van der Waals surface area (Å²) in [5, 5.41) is 10.5. The van der Waals surface area contributed by atoms with Crippen LogP contribution in [-0.2, 0) is 0 Å². The number of hydrogen-bond donors (Lipinski definition) is 2. The fourth-order valence-electron chi connectivity index (χ4n) is 2.95. The fourth-order valence-corrected chi connectivity index (χ4v) is 2.95. The minimum atomic E-state index is 0.953. The van der Waals surface area contributed by atoms with E-state index in [0.717, 1.165) is 30.8 Å². The van der Waals surface area contributed by atoms with Crippen molar-refractivity contribution < 1.29 is 0 Å². The Morgan fingerprint density at radius 1 is 0.931 bits per heavy atom. The summed E-state index contributed by atoms with van der Waals surface area (Å²) >= 11 is 0. The van der Waals surface area contributed by atoms with E-state index in [1.54, 1.807) is 0 Å². The summed E-state index contributed by atoms with van der Waals surface area (Å²) in [6.45, 7) is 11.6. The third kappa shape index (κ3) is 10.1. The molecule has 3 heteroatoms. The highest BCUT2D eigenvalue weighted by Crippen LogP contribution is 2.14. The van der Waals surface area contributed by atoms with Gasteiger partial charge in [0, 0.05) is 24.9 Å². The summed E-state index contributed by atoms with van der Waals surface area (Å²) in [5.41, 5.74) is 5.85. The minimum Gasteiger partial charge on any atom is -0.344 e. The summed E-state index contributed by atoms with van der Waals surface area (Å²) in [6, 6.07) is 14.5. The van der Waals surface area contributed by atoms with Crippen molar-refractivity contribution in [3.63, 3.8) is 0 Å². The van der Waals surface area contributed by atoms with Gasteiger partial charge in [-0.15, -0.1) is 0 Å². The lowest BCUT2D eigenvalue weighted by atomic mass is 10.1. The average molecular weight is 394 g/mol. The number of hydrogen-bond acceptors (Lipinski definition) is 2. The quantitative estimate of drug-likeness (QED) is 0.259. The van der Waals surface area contributed by atoms with Gasteiger partial charge in [0.2, 0.25) is 0 Å². The largest absolute Gasteiger partial charge is 0.344 e.